The van der Waals surface area contributed by atoms with Crippen LogP contribution in [0.1, 0.15) is 44.2 Å². The van der Waals surface area contributed by atoms with Gasteiger partial charge in [-0.25, -0.2) is 13.1 Å². The Balaban J connectivity index is 2.29. The second-order valence-corrected chi connectivity index (χ2v) is 8.33. The van der Waals surface area contributed by atoms with Crippen molar-refractivity contribution < 1.29 is 8.42 Å². The Morgan fingerprint density at radius 3 is 2.14 bits per heavy atom. The summed E-state index contributed by atoms with van der Waals surface area (Å²) >= 11 is 0. The van der Waals surface area contributed by atoms with Gasteiger partial charge >= 0.3 is 0 Å². The summed E-state index contributed by atoms with van der Waals surface area (Å²) in [5, 5.41) is 0. The molecule has 2 unspecified atom stereocenters. The number of hydrogen-bond acceptors (Lipinski definition) is 3. The Morgan fingerprint density at radius 1 is 1.05 bits per heavy atom. The Labute approximate surface area is 128 Å². The molecule has 3 N–H and O–H groups in total. The fourth-order valence-electron chi connectivity index (χ4n) is 3.49. The van der Waals surface area contributed by atoms with E-state index < -0.39 is 10.0 Å². The minimum absolute atomic E-state index is 0.00747. The first-order valence-corrected chi connectivity index (χ1v) is 9.07. The van der Waals surface area contributed by atoms with E-state index in [-0.39, 0.29) is 10.9 Å². The van der Waals surface area contributed by atoms with Crippen LogP contribution in [0.3, 0.4) is 0 Å². The van der Waals surface area contributed by atoms with Gasteiger partial charge in [-0.05, 0) is 56.1 Å². The molecular weight excluding hydrogens is 284 g/mol. The normalized spacial score (nSPS) is 26.8. The van der Waals surface area contributed by atoms with E-state index in [0.29, 0.717) is 23.1 Å². The van der Waals surface area contributed by atoms with Crippen LogP contribution in [0.5, 0.6) is 0 Å². The lowest BCUT2D eigenvalue weighted by Gasteiger charge is -2.32. The largest absolute Gasteiger partial charge is 0.397 e. The van der Waals surface area contributed by atoms with E-state index in [2.05, 4.69) is 18.6 Å². The molecule has 0 heterocycles. The third kappa shape index (κ3) is 3.58. The Hall–Kier alpha value is -1.07. The molecule has 1 aromatic rings. The van der Waals surface area contributed by atoms with Gasteiger partial charge in [-0.2, -0.15) is 0 Å². The van der Waals surface area contributed by atoms with E-state index >= 15 is 0 Å². The fourth-order valence-corrected chi connectivity index (χ4v) is 5.18. The molecule has 0 bridgehead atoms. The lowest BCUT2D eigenvalue weighted by atomic mass is 9.81. The molecule has 1 aliphatic carbocycles. The third-order valence-corrected chi connectivity index (χ3v) is 6.10. The zero-order valence-electron chi connectivity index (χ0n) is 13.3. The molecule has 0 spiro atoms. The van der Waals surface area contributed by atoms with Gasteiger partial charge in [0.05, 0.1) is 5.69 Å². The van der Waals surface area contributed by atoms with Crippen LogP contribution < -0.4 is 10.5 Å². The van der Waals surface area contributed by atoms with Crippen LogP contribution in [-0.2, 0) is 10.0 Å². The molecule has 0 radical (unpaired) electrons. The minimum Gasteiger partial charge on any atom is -0.397 e. The van der Waals surface area contributed by atoms with Crippen molar-refractivity contribution in [2.24, 2.45) is 11.8 Å². The van der Waals surface area contributed by atoms with Crippen LogP contribution in [-0.4, -0.2) is 14.5 Å². The predicted molar refractivity (Wildman–Crippen MR) is 86.6 cm³/mol. The molecule has 5 heteroatoms. The predicted octanol–water partition coefficient (Wildman–Crippen LogP) is 2.99. The summed E-state index contributed by atoms with van der Waals surface area (Å²) < 4.78 is 28.3. The molecule has 0 amide bonds. The van der Waals surface area contributed by atoms with Gasteiger partial charge in [-0.3, -0.25) is 0 Å². The van der Waals surface area contributed by atoms with Crippen molar-refractivity contribution in [3.63, 3.8) is 0 Å². The summed E-state index contributed by atoms with van der Waals surface area (Å²) in [6, 6.07) is 3.67. The molecule has 2 atom stereocenters. The zero-order valence-corrected chi connectivity index (χ0v) is 14.1. The average molecular weight is 310 g/mol. The lowest BCUT2D eigenvalue weighted by Crippen LogP contribution is -2.40. The smallest absolute Gasteiger partial charge is 0.243 e. The first-order valence-electron chi connectivity index (χ1n) is 7.58. The van der Waals surface area contributed by atoms with Crippen molar-refractivity contribution in [3.05, 3.63) is 23.3 Å². The molecule has 21 heavy (non-hydrogen) atoms. The van der Waals surface area contributed by atoms with E-state index in [1.54, 1.807) is 6.92 Å². The highest BCUT2D eigenvalue weighted by atomic mass is 32.2. The molecule has 1 aromatic carbocycles. The van der Waals surface area contributed by atoms with Crippen LogP contribution in [0, 0.1) is 25.7 Å². The Kier molecular flexibility index (Phi) is 4.63. The zero-order chi connectivity index (χ0) is 15.8. The minimum atomic E-state index is -3.57. The fraction of sp³-hybridized carbons (Fsp3) is 0.625. The molecule has 4 nitrogen and oxygen atoms in total. The highest BCUT2D eigenvalue weighted by Gasteiger charge is 2.29. The second kappa shape index (κ2) is 5.97. The van der Waals surface area contributed by atoms with E-state index in [1.807, 2.05) is 19.1 Å². The van der Waals surface area contributed by atoms with Crippen molar-refractivity contribution in [2.45, 2.75) is 57.9 Å². The monoisotopic (exact) mass is 310 g/mol. The number of anilines is 1. The van der Waals surface area contributed by atoms with Crippen molar-refractivity contribution >= 4 is 15.7 Å². The molecule has 2 rings (SSSR count). The van der Waals surface area contributed by atoms with Gasteiger partial charge < -0.3 is 5.73 Å². The van der Waals surface area contributed by atoms with E-state index in [0.717, 1.165) is 18.4 Å². The van der Waals surface area contributed by atoms with Gasteiger partial charge in [0.1, 0.15) is 4.90 Å². The molecule has 1 saturated carbocycles. The Bertz CT molecular complexity index is 615. The molecule has 1 fully saturated rings. The first kappa shape index (κ1) is 16.3. The summed E-state index contributed by atoms with van der Waals surface area (Å²) in [5.74, 6) is 1.11. The maximum absolute atomic E-state index is 12.7. The lowest BCUT2D eigenvalue weighted by molar-refractivity contribution is 0.257. The summed E-state index contributed by atoms with van der Waals surface area (Å²) in [4.78, 5) is 0.244. The van der Waals surface area contributed by atoms with E-state index in [1.165, 1.54) is 6.42 Å². The van der Waals surface area contributed by atoms with Crippen LogP contribution >= 0.6 is 0 Å². The summed E-state index contributed by atoms with van der Waals surface area (Å²) in [6.45, 7) is 7.99. The summed E-state index contributed by atoms with van der Waals surface area (Å²) in [7, 11) is -3.57. The van der Waals surface area contributed by atoms with Crippen molar-refractivity contribution in [1.82, 2.24) is 4.72 Å². The number of nitrogens with two attached hydrogens (primary N) is 1. The Morgan fingerprint density at radius 2 is 1.57 bits per heavy atom. The maximum atomic E-state index is 12.7. The molecular formula is C16H26N2O2S. The quantitative estimate of drug-likeness (QED) is 0.843. The van der Waals surface area contributed by atoms with Gasteiger partial charge in [-0.15, -0.1) is 0 Å². The van der Waals surface area contributed by atoms with Crippen molar-refractivity contribution in [2.75, 3.05) is 5.73 Å². The number of benzene rings is 1. The first-order chi connectivity index (χ1) is 9.70. The summed E-state index contributed by atoms with van der Waals surface area (Å²) in [6.07, 6.45) is 2.96. The van der Waals surface area contributed by atoms with E-state index in [4.69, 9.17) is 5.73 Å². The SMILES string of the molecule is Cc1ccc(C)c(S(=O)(=O)NC2CC(C)CC(C)C2)c1N. The van der Waals surface area contributed by atoms with Crippen LogP contribution in [0.25, 0.3) is 0 Å². The molecule has 118 valence electrons. The van der Waals surface area contributed by atoms with E-state index in [9.17, 15) is 8.42 Å². The number of nitrogen functional groups attached to an aromatic ring is 1. The van der Waals surface area contributed by atoms with Gasteiger partial charge in [-0.1, -0.05) is 26.0 Å². The standard InChI is InChI=1S/C16H26N2O2S/c1-10-7-11(2)9-14(8-10)18-21(19,20)16-13(4)6-5-12(3)15(16)17/h5-6,10-11,14,18H,7-9,17H2,1-4H3. The van der Waals surface area contributed by atoms with Gasteiger partial charge in [0, 0.05) is 6.04 Å². The highest BCUT2D eigenvalue weighted by Crippen LogP contribution is 2.31. The van der Waals surface area contributed by atoms with Gasteiger partial charge in [0.15, 0.2) is 0 Å². The van der Waals surface area contributed by atoms with Crippen molar-refractivity contribution in [3.8, 4) is 0 Å². The second-order valence-electron chi connectivity index (χ2n) is 6.68. The number of sulfonamides is 1. The van der Waals surface area contributed by atoms with Crippen molar-refractivity contribution in [1.29, 1.82) is 0 Å². The summed E-state index contributed by atoms with van der Waals surface area (Å²) in [5.41, 5.74) is 7.86. The maximum Gasteiger partial charge on any atom is 0.243 e. The van der Waals surface area contributed by atoms with Crippen LogP contribution in [0.4, 0.5) is 5.69 Å². The molecule has 0 aliphatic heterocycles. The number of hydrogen-bond donors (Lipinski definition) is 2. The van der Waals surface area contributed by atoms with Crippen LogP contribution in [0.15, 0.2) is 17.0 Å². The van der Waals surface area contributed by atoms with Crippen LogP contribution in [0.2, 0.25) is 0 Å². The highest BCUT2D eigenvalue weighted by molar-refractivity contribution is 7.89. The number of nitrogens with one attached hydrogen (secondary N) is 1. The molecule has 1 aliphatic rings. The average Bonchev–Trinajstić information content (AvgIpc) is 2.32. The van der Waals surface area contributed by atoms with Gasteiger partial charge in [0.2, 0.25) is 10.0 Å². The topological polar surface area (TPSA) is 72.2 Å². The number of aryl methyl sites for hydroxylation is 2. The molecule has 0 saturated heterocycles. The molecule has 0 aromatic heterocycles. The van der Waals surface area contributed by atoms with Gasteiger partial charge in [0.25, 0.3) is 0 Å². The number of rotatable bonds is 3. The third-order valence-electron chi connectivity index (χ3n) is 4.38.